The quantitative estimate of drug-likeness (QED) is 0.652. The van der Waals surface area contributed by atoms with Crippen LogP contribution < -0.4 is 5.32 Å². The predicted octanol–water partition coefficient (Wildman–Crippen LogP) is 4.38. The van der Waals surface area contributed by atoms with E-state index in [0.29, 0.717) is 17.4 Å². The third-order valence-electron chi connectivity index (χ3n) is 3.99. The number of alkyl carbamates (subject to hydrolysis) is 1. The van der Waals surface area contributed by atoms with E-state index < -0.39 is 6.09 Å². The highest BCUT2D eigenvalue weighted by Gasteiger charge is 2.16. The van der Waals surface area contributed by atoms with Crippen LogP contribution in [0.1, 0.15) is 31.0 Å². The van der Waals surface area contributed by atoms with Gasteiger partial charge in [-0.3, -0.25) is 0 Å². The van der Waals surface area contributed by atoms with E-state index in [1.807, 2.05) is 38.1 Å². The predicted molar refractivity (Wildman–Crippen MR) is 101 cm³/mol. The molecule has 2 heterocycles. The molecule has 0 aliphatic rings. The smallest absolute Gasteiger partial charge is 0.407 e. The second-order valence-electron chi connectivity index (χ2n) is 6.04. The van der Waals surface area contributed by atoms with Gasteiger partial charge in [0.05, 0.1) is 24.5 Å². The molecule has 0 bridgehead atoms. The van der Waals surface area contributed by atoms with Crippen molar-refractivity contribution in [3.8, 4) is 11.3 Å². The van der Waals surface area contributed by atoms with Crippen LogP contribution in [0.3, 0.4) is 0 Å². The Morgan fingerprint density at radius 2 is 2.00 bits per heavy atom. The van der Waals surface area contributed by atoms with Gasteiger partial charge in [-0.2, -0.15) is 5.10 Å². The standard InChI is InChI=1S/C19H21ClN4O2/c1-3-4-11-26-19(25)21-12-15-18(14-7-5-13(2)6-8-14)22-17-10-9-16(20)23-24(15)17/h5-10H,3-4,11-12H2,1-2H3,(H,21,25). The average Bonchev–Trinajstić information content (AvgIpc) is 2.98. The number of amides is 1. The van der Waals surface area contributed by atoms with Crippen LogP contribution >= 0.6 is 11.6 Å². The highest BCUT2D eigenvalue weighted by molar-refractivity contribution is 6.29. The van der Waals surface area contributed by atoms with Crippen LogP contribution in [0.15, 0.2) is 36.4 Å². The summed E-state index contributed by atoms with van der Waals surface area (Å²) in [6, 6.07) is 11.5. The van der Waals surface area contributed by atoms with Gasteiger partial charge in [-0.25, -0.2) is 14.3 Å². The molecule has 0 aliphatic carbocycles. The summed E-state index contributed by atoms with van der Waals surface area (Å²) in [7, 11) is 0. The highest BCUT2D eigenvalue weighted by Crippen LogP contribution is 2.25. The Morgan fingerprint density at radius 1 is 1.23 bits per heavy atom. The Morgan fingerprint density at radius 3 is 2.73 bits per heavy atom. The highest BCUT2D eigenvalue weighted by atomic mass is 35.5. The molecule has 2 aromatic heterocycles. The van der Waals surface area contributed by atoms with Crippen molar-refractivity contribution in [2.75, 3.05) is 6.61 Å². The van der Waals surface area contributed by atoms with Crippen LogP contribution in [-0.4, -0.2) is 27.3 Å². The minimum absolute atomic E-state index is 0.239. The molecule has 0 aliphatic heterocycles. The number of carbonyl (C=O) groups excluding carboxylic acids is 1. The topological polar surface area (TPSA) is 68.5 Å². The SMILES string of the molecule is CCCCOC(=O)NCc1c(-c2ccc(C)cc2)nc2ccc(Cl)nn12. The van der Waals surface area contributed by atoms with Gasteiger partial charge in [0.1, 0.15) is 5.15 Å². The number of benzene rings is 1. The largest absolute Gasteiger partial charge is 0.450 e. The van der Waals surface area contributed by atoms with Crippen LogP contribution in [0.5, 0.6) is 0 Å². The van der Waals surface area contributed by atoms with Crippen LogP contribution in [0.4, 0.5) is 4.79 Å². The Bertz CT molecular complexity index is 906. The molecule has 0 saturated heterocycles. The first kappa shape index (κ1) is 18.2. The molecule has 6 nitrogen and oxygen atoms in total. The normalized spacial score (nSPS) is 10.9. The molecular weight excluding hydrogens is 352 g/mol. The second-order valence-corrected chi connectivity index (χ2v) is 6.43. The lowest BCUT2D eigenvalue weighted by molar-refractivity contribution is 0.144. The second kappa shape index (κ2) is 8.19. The minimum Gasteiger partial charge on any atom is -0.450 e. The van der Waals surface area contributed by atoms with Gasteiger partial charge < -0.3 is 10.1 Å². The van der Waals surface area contributed by atoms with Gasteiger partial charge >= 0.3 is 6.09 Å². The van der Waals surface area contributed by atoms with Gasteiger partial charge in [-0.1, -0.05) is 54.8 Å². The molecular formula is C19H21ClN4O2. The monoisotopic (exact) mass is 372 g/mol. The first-order valence-corrected chi connectivity index (χ1v) is 8.98. The van der Waals surface area contributed by atoms with Gasteiger partial charge in [0.15, 0.2) is 5.65 Å². The molecule has 0 spiro atoms. The maximum Gasteiger partial charge on any atom is 0.407 e. The van der Waals surface area contributed by atoms with Crippen molar-refractivity contribution in [1.82, 2.24) is 19.9 Å². The van der Waals surface area contributed by atoms with Crippen molar-refractivity contribution in [1.29, 1.82) is 0 Å². The van der Waals surface area contributed by atoms with Gasteiger partial charge in [0.2, 0.25) is 0 Å². The summed E-state index contributed by atoms with van der Waals surface area (Å²) >= 11 is 6.04. The average molecular weight is 373 g/mol. The zero-order chi connectivity index (χ0) is 18.5. The van der Waals surface area contributed by atoms with Crippen LogP contribution in [-0.2, 0) is 11.3 Å². The maximum absolute atomic E-state index is 11.9. The van der Waals surface area contributed by atoms with E-state index in [1.54, 1.807) is 16.6 Å². The molecule has 0 radical (unpaired) electrons. The number of nitrogens with zero attached hydrogens (tertiary/aromatic N) is 3. The van der Waals surface area contributed by atoms with Crippen LogP contribution in [0.2, 0.25) is 5.15 Å². The molecule has 26 heavy (non-hydrogen) atoms. The summed E-state index contributed by atoms with van der Waals surface area (Å²) in [4.78, 5) is 16.6. The molecule has 7 heteroatoms. The molecule has 1 amide bonds. The number of carbonyl (C=O) groups is 1. The van der Waals surface area contributed by atoms with Gasteiger partial charge in [-0.05, 0) is 25.5 Å². The zero-order valence-electron chi connectivity index (χ0n) is 14.8. The molecule has 1 N–H and O–H groups in total. The number of unbranched alkanes of at least 4 members (excludes halogenated alkanes) is 1. The Balaban J connectivity index is 1.90. The fraction of sp³-hybridized carbons (Fsp3) is 0.316. The number of rotatable bonds is 6. The molecule has 0 fully saturated rings. The summed E-state index contributed by atoms with van der Waals surface area (Å²) in [6.45, 7) is 4.72. The minimum atomic E-state index is -0.453. The van der Waals surface area contributed by atoms with Crippen molar-refractivity contribution < 1.29 is 9.53 Å². The summed E-state index contributed by atoms with van der Waals surface area (Å²) in [5.74, 6) is 0. The van der Waals surface area contributed by atoms with E-state index >= 15 is 0 Å². The molecule has 1 aromatic carbocycles. The fourth-order valence-electron chi connectivity index (χ4n) is 2.57. The van der Waals surface area contributed by atoms with Crippen molar-refractivity contribution >= 4 is 23.3 Å². The maximum atomic E-state index is 11.9. The van der Waals surface area contributed by atoms with Crippen LogP contribution in [0.25, 0.3) is 16.9 Å². The lowest BCUT2D eigenvalue weighted by Gasteiger charge is -2.08. The number of hydrogen-bond acceptors (Lipinski definition) is 4. The molecule has 0 unspecified atom stereocenters. The lowest BCUT2D eigenvalue weighted by atomic mass is 10.1. The first-order chi connectivity index (χ1) is 12.6. The Labute approximate surface area is 157 Å². The number of imidazole rings is 1. The third-order valence-corrected chi connectivity index (χ3v) is 4.20. The van der Waals surface area contributed by atoms with E-state index in [4.69, 9.17) is 16.3 Å². The molecule has 136 valence electrons. The number of ether oxygens (including phenoxy) is 1. The molecule has 0 saturated carbocycles. The van der Waals surface area contributed by atoms with Crippen LogP contribution in [0, 0.1) is 6.92 Å². The first-order valence-electron chi connectivity index (χ1n) is 8.60. The van der Waals surface area contributed by atoms with Crippen molar-refractivity contribution in [2.45, 2.75) is 33.2 Å². The number of nitrogens with one attached hydrogen (secondary N) is 1. The lowest BCUT2D eigenvalue weighted by Crippen LogP contribution is -2.25. The molecule has 0 atom stereocenters. The number of aryl methyl sites for hydroxylation is 1. The van der Waals surface area contributed by atoms with Crippen molar-refractivity contribution in [3.05, 3.63) is 52.8 Å². The third kappa shape index (κ3) is 4.14. The number of aromatic nitrogens is 3. The summed E-state index contributed by atoms with van der Waals surface area (Å²) in [5, 5.41) is 7.45. The van der Waals surface area contributed by atoms with Gasteiger partial charge in [0, 0.05) is 5.56 Å². The Hall–Kier alpha value is -2.60. The van der Waals surface area contributed by atoms with E-state index in [9.17, 15) is 4.79 Å². The van der Waals surface area contributed by atoms with Gasteiger partial charge in [0.25, 0.3) is 0 Å². The zero-order valence-corrected chi connectivity index (χ0v) is 15.6. The van der Waals surface area contributed by atoms with Crippen molar-refractivity contribution in [2.24, 2.45) is 0 Å². The van der Waals surface area contributed by atoms with E-state index in [0.717, 1.165) is 35.4 Å². The van der Waals surface area contributed by atoms with E-state index in [2.05, 4.69) is 15.4 Å². The number of hydrogen-bond donors (Lipinski definition) is 1. The fourth-order valence-corrected chi connectivity index (χ4v) is 2.71. The van der Waals surface area contributed by atoms with E-state index in [-0.39, 0.29) is 6.54 Å². The summed E-state index contributed by atoms with van der Waals surface area (Å²) in [5.41, 5.74) is 4.29. The molecule has 3 rings (SSSR count). The van der Waals surface area contributed by atoms with Crippen molar-refractivity contribution in [3.63, 3.8) is 0 Å². The Kier molecular flexibility index (Phi) is 5.73. The van der Waals surface area contributed by atoms with Gasteiger partial charge in [-0.15, -0.1) is 0 Å². The summed E-state index contributed by atoms with van der Waals surface area (Å²) < 4.78 is 6.81. The van der Waals surface area contributed by atoms with E-state index in [1.165, 1.54) is 0 Å². The molecule has 3 aromatic rings. The summed E-state index contributed by atoms with van der Waals surface area (Å²) in [6.07, 6.45) is 1.36. The number of halogens is 1. The number of fused-ring (bicyclic) bond motifs is 1.